The summed E-state index contributed by atoms with van der Waals surface area (Å²) in [6.07, 6.45) is 0.515. The Labute approximate surface area is 110 Å². The number of likely N-dealkylation sites (tertiary alicyclic amines) is 1. The number of benzene rings is 1. The zero-order valence-corrected chi connectivity index (χ0v) is 10.8. The maximum Gasteiger partial charge on any atom is 0.308 e. The smallest absolute Gasteiger partial charge is 0.308 e. The number of carboxylic acids is 1. The van der Waals surface area contributed by atoms with E-state index in [2.05, 4.69) is 0 Å². The molecule has 0 aliphatic carbocycles. The summed E-state index contributed by atoms with van der Waals surface area (Å²) < 4.78 is 0. The van der Waals surface area contributed by atoms with Crippen LogP contribution in [-0.2, 0) is 4.79 Å². The van der Waals surface area contributed by atoms with Gasteiger partial charge in [-0.1, -0.05) is 17.7 Å². The van der Waals surface area contributed by atoms with Crippen LogP contribution >= 0.6 is 11.6 Å². The number of rotatable bonds is 2. The average molecular weight is 268 g/mol. The number of amides is 1. The van der Waals surface area contributed by atoms with Gasteiger partial charge in [0.1, 0.15) is 0 Å². The summed E-state index contributed by atoms with van der Waals surface area (Å²) >= 11 is 5.98. The third-order valence-electron chi connectivity index (χ3n) is 3.32. The second kappa shape index (κ2) is 4.98. The van der Waals surface area contributed by atoms with Crippen molar-refractivity contribution in [2.75, 3.05) is 13.1 Å². The molecule has 1 aliphatic rings. The van der Waals surface area contributed by atoms with E-state index < -0.39 is 11.9 Å². The van der Waals surface area contributed by atoms with E-state index in [1.807, 2.05) is 0 Å². The zero-order chi connectivity index (χ0) is 13.3. The summed E-state index contributed by atoms with van der Waals surface area (Å²) in [6, 6.07) is 5.18. The molecule has 1 unspecified atom stereocenters. The molecule has 0 saturated carbocycles. The largest absolute Gasteiger partial charge is 0.481 e. The van der Waals surface area contributed by atoms with Gasteiger partial charge in [0.15, 0.2) is 0 Å². The van der Waals surface area contributed by atoms with Crippen LogP contribution in [0.1, 0.15) is 22.3 Å². The lowest BCUT2D eigenvalue weighted by atomic mass is 10.1. The lowest BCUT2D eigenvalue weighted by molar-refractivity contribution is -0.141. The van der Waals surface area contributed by atoms with Crippen LogP contribution in [0.15, 0.2) is 18.2 Å². The molecule has 1 N–H and O–H groups in total. The predicted molar refractivity (Wildman–Crippen MR) is 67.8 cm³/mol. The first kappa shape index (κ1) is 12.9. The number of halogens is 1. The van der Waals surface area contributed by atoms with Gasteiger partial charge in [0.2, 0.25) is 0 Å². The molecule has 1 amide bonds. The molecule has 5 heteroatoms. The number of carboxylic acid groups (broad SMARTS) is 1. The number of carbonyl (C=O) groups is 2. The van der Waals surface area contributed by atoms with E-state index in [1.165, 1.54) is 0 Å². The second-order valence-electron chi connectivity index (χ2n) is 4.49. The van der Waals surface area contributed by atoms with Crippen LogP contribution in [0, 0.1) is 12.8 Å². The zero-order valence-electron chi connectivity index (χ0n) is 10.0. The molecule has 0 radical (unpaired) electrons. The molecule has 0 aromatic heterocycles. The van der Waals surface area contributed by atoms with Gasteiger partial charge in [-0.3, -0.25) is 9.59 Å². The highest BCUT2D eigenvalue weighted by Gasteiger charge is 2.31. The van der Waals surface area contributed by atoms with Crippen molar-refractivity contribution in [2.24, 2.45) is 5.92 Å². The Morgan fingerprint density at radius 2 is 2.17 bits per heavy atom. The molecule has 1 aliphatic heterocycles. The van der Waals surface area contributed by atoms with Crippen molar-refractivity contribution in [1.82, 2.24) is 4.90 Å². The Bertz CT molecular complexity index is 501. The standard InChI is InChI=1S/C13H14ClNO3/c1-8-10(3-2-4-11(8)14)12(16)15-6-5-9(7-15)13(17)18/h2-4,9H,5-7H2,1H3,(H,17,18). The van der Waals surface area contributed by atoms with E-state index in [-0.39, 0.29) is 12.5 Å². The van der Waals surface area contributed by atoms with Crippen molar-refractivity contribution in [3.8, 4) is 0 Å². The van der Waals surface area contributed by atoms with Crippen molar-refractivity contribution in [3.63, 3.8) is 0 Å². The van der Waals surface area contributed by atoms with Gasteiger partial charge in [-0.15, -0.1) is 0 Å². The third kappa shape index (κ3) is 2.34. The highest BCUT2D eigenvalue weighted by Crippen LogP contribution is 2.23. The summed E-state index contributed by atoms with van der Waals surface area (Å²) in [4.78, 5) is 24.7. The highest BCUT2D eigenvalue weighted by molar-refractivity contribution is 6.31. The third-order valence-corrected chi connectivity index (χ3v) is 3.73. The van der Waals surface area contributed by atoms with Gasteiger partial charge in [0.25, 0.3) is 5.91 Å². The van der Waals surface area contributed by atoms with Crippen molar-refractivity contribution in [3.05, 3.63) is 34.3 Å². The summed E-state index contributed by atoms with van der Waals surface area (Å²) in [6.45, 7) is 2.56. The molecule has 1 aromatic rings. The summed E-state index contributed by atoms with van der Waals surface area (Å²) in [5.74, 6) is -1.43. The molecule has 2 rings (SSSR count). The highest BCUT2D eigenvalue weighted by atomic mass is 35.5. The minimum absolute atomic E-state index is 0.140. The minimum atomic E-state index is -0.840. The van der Waals surface area contributed by atoms with Crippen LogP contribution in [0.4, 0.5) is 0 Å². The number of aliphatic carboxylic acids is 1. The fourth-order valence-electron chi connectivity index (χ4n) is 2.16. The predicted octanol–water partition coefficient (Wildman–Crippen LogP) is 2.20. The van der Waals surface area contributed by atoms with Crippen molar-refractivity contribution in [1.29, 1.82) is 0 Å². The van der Waals surface area contributed by atoms with Gasteiger partial charge in [0, 0.05) is 23.7 Å². The van der Waals surface area contributed by atoms with Gasteiger partial charge in [-0.05, 0) is 31.0 Å². The number of hydrogen-bond acceptors (Lipinski definition) is 2. The van der Waals surface area contributed by atoms with Gasteiger partial charge < -0.3 is 10.0 Å². The van der Waals surface area contributed by atoms with Crippen LogP contribution < -0.4 is 0 Å². The molecule has 1 atom stereocenters. The van der Waals surface area contributed by atoms with E-state index in [0.29, 0.717) is 23.6 Å². The Balaban J connectivity index is 2.18. The first-order valence-corrected chi connectivity index (χ1v) is 6.15. The van der Waals surface area contributed by atoms with E-state index in [4.69, 9.17) is 16.7 Å². The second-order valence-corrected chi connectivity index (χ2v) is 4.89. The molecular weight excluding hydrogens is 254 g/mol. The van der Waals surface area contributed by atoms with E-state index in [9.17, 15) is 9.59 Å². The van der Waals surface area contributed by atoms with E-state index in [1.54, 1.807) is 30.0 Å². The Hall–Kier alpha value is -1.55. The molecule has 1 aromatic carbocycles. The van der Waals surface area contributed by atoms with E-state index >= 15 is 0 Å². The van der Waals surface area contributed by atoms with Gasteiger partial charge in [0.05, 0.1) is 5.92 Å². The summed E-state index contributed by atoms with van der Waals surface area (Å²) in [5, 5.41) is 9.47. The first-order chi connectivity index (χ1) is 8.50. The number of hydrogen-bond donors (Lipinski definition) is 1. The first-order valence-electron chi connectivity index (χ1n) is 5.78. The topological polar surface area (TPSA) is 57.6 Å². The minimum Gasteiger partial charge on any atom is -0.481 e. The summed E-state index contributed by atoms with van der Waals surface area (Å²) in [7, 11) is 0. The van der Waals surface area contributed by atoms with Crippen molar-refractivity contribution in [2.45, 2.75) is 13.3 Å². The Morgan fingerprint density at radius 3 is 2.78 bits per heavy atom. The maximum absolute atomic E-state index is 12.3. The van der Waals surface area contributed by atoms with Crippen LogP contribution in [-0.4, -0.2) is 35.0 Å². The van der Waals surface area contributed by atoms with Crippen LogP contribution in [0.5, 0.6) is 0 Å². The van der Waals surface area contributed by atoms with Crippen LogP contribution in [0.2, 0.25) is 5.02 Å². The molecule has 1 heterocycles. The number of nitrogens with zero attached hydrogens (tertiary/aromatic N) is 1. The lowest BCUT2D eigenvalue weighted by Gasteiger charge is -2.17. The van der Waals surface area contributed by atoms with Crippen molar-refractivity contribution >= 4 is 23.5 Å². The molecule has 0 spiro atoms. The fraction of sp³-hybridized carbons (Fsp3) is 0.385. The molecule has 0 bridgehead atoms. The van der Waals surface area contributed by atoms with Gasteiger partial charge in [-0.2, -0.15) is 0 Å². The molecule has 1 saturated heterocycles. The molecule has 18 heavy (non-hydrogen) atoms. The van der Waals surface area contributed by atoms with Crippen LogP contribution in [0.25, 0.3) is 0 Å². The number of carbonyl (C=O) groups excluding carboxylic acids is 1. The Morgan fingerprint density at radius 1 is 1.44 bits per heavy atom. The Kier molecular flexibility index (Phi) is 3.57. The molecular formula is C13H14ClNO3. The molecule has 96 valence electrons. The molecule has 4 nitrogen and oxygen atoms in total. The van der Waals surface area contributed by atoms with Gasteiger partial charge >= 0.3 is 5.97 Å². The lowest BCUT2D eigenvalue weighted by Crippen LogP contribution is -2.30. The monoisotopic (exact) mass is 267 g/mol. The normalized spacial score (nSPS) is 19.0. The quantitative estimate of drug-likeness (QED) is 0.894. The fourth-order valence-corrected chi connectivity index (χ4v) is 2.33. The van der Waals surface area contributed by atoms with Crippen molar-refractivity contribution < 1.29 is 14.7 Å². The van der Waals surface area contributed by atoms with E-state index in [0.717, 1.165) is 5.56 Å². The maximum atomic E-state index is 12.3. The van der Waals surface area contributed by atoms with Crippen LogP contribution in [0.3, 0.4) is 0 Å². The molecule has 1 fully saturated rings. The summed E-state index contributed by atoms with van der Waals surface area (Å²) in [5.41, 5.74) is 1.29. The SMILES string of the molecule is Cc1c(Cl)cccc1C(=O)N1CCC(C(=O)O)C1. The average Bonchev–Trinajstić information content (AvgIpc) is 2.81. The van der Waals surface area contributed by atoms with Gasteiger partial charge in [-0.25, -0.2) is 0 Å².